The Morgan fingerprint density at radius 1 is 0.489 bits per heavy atom. The fourth-order valence-corrected chi connectivity index (χ4v) is 9.31. The monoisotopic (exact) mass is 576 g/mol. The molecule has 1 fully saturated rings. The standard InChI is InChI=1S/C42H33BN2/c1-4-16-29(17-5-1)44-36-24-12-10-22-34(36)43-35-23-11-13-25-37(35)45(30-18-6-2-7-19-30)41-39-32(28-38(44)40(41)43)31-20-8-9-21-33(31)42(39)26-14-3-15-27-42/h1-2,4-13,16-25,28H,3,14-15,26-27H2. The molecule has 214 valence electrons. The second-order valence-electron chi connectivity index (χ2n) is 13.2. The van der Waals surface area contributed by atoms with E-state index < -0.39 is 0 Å². The van der Waals surface area contributed by atoms with Gasteiger partial charge in [0.15, 0.2) is 0 Å². The van der Waals surface area contributed by atoms with Crippen LogP contribution in [0.25, 0.3) is 11.1 Å². The van der Waals surface area contributed by atoms with Gasteiger partial charge in [-0.15, -0.1) is 0 Å². The minimum absolute atomic E-state index is 0.0208. The summed E-state index contributed by atoms with van der Waals surface area (Å²) in [5.41, 5.74) is 17.9. The van der Waals surface area contributed by atoms with Gasteiger partial charge in [0, 0.05) is 39.5 Å². The number of nitrogens with zero attached hydrogens (tertiary/aromatic N) is 2. The molecule has 10 rings (SSSR count). The number of hydrogen-bond acceptors (Lipinski definition) is 2. The van der Waals surface area contributed by atoms with Crippen LogP contribution in [0.4, 0.5) is 34.1 Å². The minimum atomic E-state index is 0.0208. The van der Waals surface area contributed by atoms with Gasteiger partial charge in [0.05, 0.1) is 0 Å². The summed E-state index contributed by atoms with van der Waals surface area (Å²) < 4.78 is 0. The predicted molar refractivity (Wildman–Crippen MR) is 190 cm³/mol. The van der Waals surface area contributed by atoms with Crippen molar-refractivity contribution in [2.24, 2.45) is 0 Å². The first-order chi connectivity index (χ1) is 22.4. The first-order valence-electron chi connectivity index (χ1n) is 16.5. The van der Waals surface area contributed by atoms with Crippen LogP contribution in [0, 0.1) is 0 Å². The zero-order chi connectivity index (χ0) is 29.5. The maximum Gasteiger partial charge on any atom is 0.252 e. The van der Waals surface area contributed by atoms with Gasteiger partial charge in [0.1, 0.15) is 0 Å². The van der Waals surface area contributed by atoms with E-state index in [2.05, 4.69) is 149 Å². The van der Waals surface area contributed by atoms with Gasteiger partial charge >= 0.3 is 0 Å². The van der Waals surface area contributed by atoms with Crippen LogP contribution in [-0.2, 0) is 5.41 Å². The molecule has 4 aliphatic rings. The Hall–Kier alpha value is -5.02. The Labute approximate surface area is 265 Å². The number of fused-ring (bicyclic) bond motifs is 10. The Morgan fingerprint density at radius 2 is 1.04 bits per heavy atom. The second-order valence-corrected chi connectivity index (χ2v) is 13.2. The van der Waals surface area contributed by atoms with Crippen molar-refractivity contribution in [2.45, 2.75) is 37.5 Å². The minimum Gasteiger partial charge on any atom is -0.311 e. The number of rotatable bonds is 2. The van der Waals surface area contributed by atoms with Crippen molar-refractivity contribution in [1.82, 2.24) is 0 Å². The Balaban J connectivity index is 1.41. The molecule has 0 aromatic heterocycles. The van der Waals surface area contributed by atoms with Crippen LogP contribution in [0.15, 0.2) is 140 Å². The number of benzene rings is 6. The van der Waals surface area contributed by atoms with Gasteiger partial charge in [-0.3, -0.25) is 0 Å². The van der Waals surface area contributed by atoms with Crippen LogP contribution in [-0.4, -0.2) is 6.71 Å². The van der Waals surface area contributed by atoms with Gasteiger partial charge in [-0.2, -0.15) is 0 Å². The van der Waals surface area contributed by atoms with Crippen molar-refractivity contribution < 1.29 is 0 Å². The summed E-state index contributed by atoms with van der Waals surface area (Å²) in [5.74, 6) is 0. The third-order valence-corrected chi connectivity index (χ3v) is 11.0. The van der Waals surface area contributed by atoms with Gasteiger partial charge in [-0.25, -0.2) is 0 Å². The summed E-state index contributed by atoms with van der Waals surface area (Å²) >= 11 is 0. The highest BCUT2D eigenvalue weighted by atomic mass is 15.2. The van der Waals surface area contributed by atoms with E-state index in [4.69, 9.17) is 0 Å². The smallest absolute Gasteiger partial charge is 0.252 e. The molecule has 2 aliphatic carbocycles. The summed E-state index contributed by atoms with van der Waals surface area (Å²) in [5, 5.41) is 0. The molecule has 3 heteroatoms. The van der Waals surface area contributed by atoms with E-state index in [0.717, 1.165) is 0 Å². The third kappa shape index (κ3) is 3.36. The van der Waals surface area contributed by atoms with Gasteiger partial charge in [-0.05, 0) is 93.9 Å². The molecular formula is C42H33BN2. The number of para-hydroxylation sites is 4. The van der Waals surface area contributed by atoms with Gasteiger partial charge in [0.2, 0.25) is 0 Å². The third-order valence-electron chi connectivity index (χ3n) is 11.0. The van der Waals surface area contributed by atoms with E-state index in [-0.39, 0.29) is 12.1 Å². The van der Waals surface area contributed by atoms with Gasteiger partial charge < -0.3 is 9.80 Å². The first-order valence-corrected chi connectivity index (χ1v) is 16.5. The average Bonchev–Trinajstić information content (AvgIpc) is 3.37. The molecule has 6 aromatic rings. The van der Waals surface area contributed by atoms with Crippen molar-refractivity contribution in [3.8, 4) is 11.1 Å². The lowest BCUT2D eigenvalue weighted by molar-refractivity contribution is 0.353. The first kappa shape index (κ1) is 25.3. The molecule has 1 saturated carbocycles. The molecule has 2 aliphatic heterocycles. The van der Waals surface area contributed by atoms with Crippen molar-refractivity contribution in [2.75, 3.05) is 9.80 Å². The van der Waals surface area contributed by atoms with E-state index in [9.17, 15) is 0 Å². The Kier molecular flexibility index (Phi) is 5.34. The summed E-state index contributed by atoms with van der Waals surface area (Å²) in [6.07, 6.45) is 6.28. The molecule has 1 spiro atoms. The molecule has 45 heavy (non-hydrogen) atoms. The molecule has 0 saturated heterocycles. The molecule has 0 radical (unpaired) electrons. The van der Waals surface area contributed by atoms with Crippen molar-refractivity contribution >= 4 is 57.2 Å². The maximum absolute atomic E-state index is 2.63. The molecule has 6 aromatic carbocycles. The van der Waals surface area contributed by atoms with Crippen LogP contribution in [0.1, 0.15) is 43.2 Å². The fourth-order valence-electron chi connectivity index (χ4n) is 9.31. The largest absolute Gasteiger partial charge is 0.311 e. The molecular weight excluding hydrogens is 543 g/mol. The topological polar surface area (TPSA) is 6.48 Å². The van der Waals surface area contributed by atoms with E-state index in [1.807, 2.05) is 0 Å². The van der Waals surface area contributed by atoms with Crippen molar-refractivity contribution in [3.05, 3.63) is 151 Å². The SMILES string of the molecule is c1ccc(N2c3ccccc3B3c4ccccc4N(c4ccccc4)c4c3c2cc2c4C3(CCCCC3)c3ccccc3-2)cc1. The highest BCUT2D eigenvalue weighted by Gasteiger charge is 2.51. The molecule has 2 heterocycles. The number of anilines is 6. The lowest BCUT2D eigenvalue weighted by Gasteiger charge is -2.47. The molecule has 0 bridgehead atoms. The molecule has 0 amide bonds. The van der Waals surface area contributed by atoms with E-state index in [0.29, 0.717) is 0 Å². The molecule has 0 atom stereocenters. The Morgan fingerprint density at radius 3 is 1.73 bits per heavy atom. The van der Waals surface area contributed by atoms with Crippen LogP contribution in [0.2, 0.25) is 0 Å². The van der Waals surface area contributed by atoms with Gasteiger partial charge in [0.25, 0.3) is 6.71 Å². The van der Waals surface area contributed by atoms with E-state index in [1.54, 1.807) is 5.56 Å². The lowest BCUT2D eigenvalue weighted by atomic mass is 9.33. The van der Waals surface area contributed by atoms with E-state index in [1.165, 1.54) is 99.3 Å². The van der Waals surface area contributed by atoms with Crippen molar-refractivity contribution in [1.29, 1.82) is 0 Å². The van der Waals surface area contributed by atoms with Crippen LogP contribution >= 0.6 is 0 Å². The summed E-state index contributed by atoms with van der Waals surface area (Å²) in [7, 11) is 0. The van der Waals surface area contributed by atoms with Crippen LogP contribution in [0.5, 0.6) is 0 Å². The predicted octanol–water partition coefficient (Wildman–Crippen LogP) is 9.00. The summed E-state index contributed by atoms with van der Waals surface area (Å²) in [6.45, 7) is 0.150. The quantitative estimate of drug-likeness (QED) is 0.190. The number of hydrogen-bond donors (Lipinski definition) is 0. The summed E-state index contributed by atoms with van der Waals surface area (Å²) in [4.78, 5) is 5.17. The highest BCUT2D eigenvalue weighted by molar-refractivity contribution is 7.00. The van der Waals surface area contributed by atoms with Gasteiger partial charge in [-0.1, -0.05) is 116 Å². The zero-order valence-electron chi connectivity index (χ0n) is 25.3. The Bertz CT molecular complexity index is 2100. The van der Waals surface area contributed by atoms with Crippen LogP contribution < -0.4 is 26.2 Å². The molecule has 0 unspecified atom stereocenters. The second kappa shape index (κ2) is 9.49. The highest BCUT2D eigenvalue weighted by Crippen LogP contribution is 2.61. The van der Waals surface area contributed by atoms with Crippen LogP contribution in [0.3, 0.4) is 0 Å². The van der Waals surface area contributed by atoms with E-state index >= 15 is 0 Å². The van der Waals surface area contributed by atoms with Crippen molar-refractivity contribution in [3.63, 3.8) is 0 Å². The zero-order valence-corrected chi connectivity index (χ0v) is 25.3. The molecule has 2 nitrogen and oxygen atoms in total. The molecule has 0 N–H and O–H groups in total. The average molecular weight is 577 g/mol. The fraction of sp³-hybridized carbons (Fsp3) is 0.143. The summed E-state index contributed by atoms with van der Waals surface area (Å²) in [6, 6.07) is 52.3. The normalized spacial score (nSPS) is 16.5. The maximum atomic E-state index is 2.63. The lowest BCUT2D eigenvalue weighted by Crippen LogP contribution is -2.61.